The van der Waals surface area contributed by atoms with Gasteiger partial charge in [0.15, 0.2) is 10.5 Å². The van der Waals surface area contributed by atoms with Crippen LogP contribution in [0.1, 0.15) is 36.0 Å². The van der Waals surface area contributed by atoms with Crippen LogP contribution in [0.15, 0.2) is 24.3 Å². The number of hydrogen-bond donors (Lipinski definition) is 2. The zero-order valence-electron chi connectivity index (χ0n) is 18.9. The number of piperazine rings is 1. The molecule has 35 heavy (non-hydrogen) atoms. The van der Waals surface area contributed by atoms with Crippen LogP contribution in [-0.2, 0) is 19.6 Å². The highest BCUT2D eigenvalue weighted by molar-refractivity contribution is 7.91. The van der Waals surface area contributed by atoms with Gasteiger partial charge in [0, 0.05) is 64.2 Å². The summed E-state index contributed by atoms with van der Waals surface area (Å²) in [5, 5.41) is 9.13. The van der Waals surface area contributed by atoms with Crippen LogP contribution in [0.2, 0.25) is 0 Å². The Morgan fingerprint density at radius 1 is 1.09 bits per heavy atom. The molecule has 1 aromatic rings. The van der Waals surface area contributed by atoms with Crippen molar-refractivity contribution in [3.8, 4) is 5.75 Å². The number of rotatable bonds is 9. The first-order chi connectivity index (χ1) is 16.5. The predicted octanol–water partition coefficient (Wildman–Crippen LogP) is 1.55. The van der Waals surface area contributed by atoms with Gasteiger partial charge in [-0.3, -0.25) is 14.8 Å². The van der Waals surface area contributed by atoms with Gasteiger partial charge >= 0.3 is 6.36 Å². The number of carbonyl (C=O) groups excluding carboxylic acids is 2. The van der Waals surface area contributed by atoms with E-state index in [9.17, 15) is 31.2 Å². The van der Waals surface area contributed by atoms with Crippen LogP contribution in [0.5, 0.6) is 5.75 Å². The fourth-order valence-corrected chi connectivity index (χ4v) is 6.40. The molecule has 10 nitrogen and oxygen atoms in total. The van der Waals surface area contributed by atoms with Crippen molar-refractivity contribution in [3.05, 3.63) is 29.8 Å². The second kappa shape index (κ2) is 11.2. The Morgan fingerprint density at radius 3 is 2.23 bits per heavy atom. The monoisotopic (exact) mass is 523 g/mol. The number of hydroxylamine groups is 1. The Kier molecular flexibility index (Phi) is 8.75. The van der Waals surface area contributed by atoms with E-state index in [2.05, 4.69) is 4.74 Å². The van der Waals surface area contributed by atoms with Crippen LogP contribution in [0.25, 0.3) is 0 Å². The molecular weight excluding hydrogens is 495 g/mol. The molecule has 14 heteroatoms. The maximum Gasteiger partial charge on any atom is 0.573 e. The van der Waals surface area contributed by atoms with Crippen molar-refractivity contribution in [3.63, 3.8) is 0 Å². The molecule has 0 bridgehead atoms. The maximum atomic E-state index is 13.3. The quantitative estimate of drug-likeness (QED) is 0.284. The van der Waals surface area contributed by atoms with Crippen molar-refractivity contribution in [2.24, 2.45) is 0 Å². The molecule has 0 aromatic heterocycles. The number of amides is 1. The molecule has 2 saturated heterocycles. The molecule has 2 aliphatic heterocycles. The number of nitrogens with one attached hydrogen (secondary N) is 1. The third-order valence-electron chi connectivity index (χ3n) is 6.27. The summed E-state index contributed by atoms with van der Waals surface area (Å²) in [5.41, 5.74) is 1.77. The highest BCUT2D eigenvalue weighted by atomic mass is 32.2. The van der Waals surface area contributed by atoms with Crippen LogP contribution in [0, 0.1) is 0 Å². The highest BCUT2D eigenvalue weighted by Crippen LogP contribution is 2.33. The van der Waals surface area contributed by atoms with Crippen LogP contribution in [0.4, 0.5) is 13.2 Å². The van der Waals surface area contributed by atoms with Crippen molar-refractivity contribution in [1.82, 2.24) is 14.7 Å². The number of alkyl halides is 3. The Morgan fingerprint density at radius 2 is 1.69 bits per heavy atom. The average molecular weight is 524 g/mol. The van der Waals surface area contributed by atoms with Gasteiger partial charge in [0.05, 0.1) is 0 Å². The van der Waals surface area contributed by atoms with Gasteiger partial charge < -0.3 is 14.4 Å². The SMILES string of the molecule is O=C(CCCN1CCN(S(=O)(=O)C2(C(=O)NO)CCOCC2)CC1)c1ccc(OC(F)(F)F)cc1. The Balaban J connectivity index is 1.48. The first kappa shape index (κ1) is 27.3. The molecule has 3 rings (SSSR count). The van der Waals surface area contributed by atoms with Gasteiger partial charge in [0.25, 0.3) is 5.91 Å². The number of Topliss-reactive ketones (excluding diaryl/α,β-unsaturated/α-hetero) is 1. The molecule has 2 heterocycles. The lowest BCUT2D eigenvalue weighted by Crippen LogP contribution is -2.62. The van der Waals surface area contributed by atoms with Gasteiger partial charge in [-0.25, -0.2) is 13.9 Å². The smallest absolute Gasteiger partial charge is 0.406 e. The number of carbonyl (C=O) groups is 2. The zero-order chi connectivity index (χ0) is 25.7. The fourth-order valence-electron chi connectivity index (χ4n) is 4.30. The van der Waals surface area contributed by atoms with E-state index in [-0.39, 0.29) is 56.9 Å². The van der Waals surface area contributed by atoms with E-state index in [4.69, 9.17) is 9.94 Å². The standard InChI is InChI=1S/C21H28F3N3O7S/c22-21(23,24)34-17-5-3-16(4-6-17)18(28)2-1-9-26-10-12-27(13-11-26)35(31,32)20(19(29)25-30)7-14-33-15-8-20/h3-6,30H,1-2,7-15H2,(H,25,29). The van der Waals surface area contributed by atoms with Crippen LogP contribution in [0.3, 0.4) is 0 Å². The molecule has 2 aliphatic rings. The molecule has 0 saturated carbocycles. The highest BCUT2D eigenvalue weighted by Gasteiger charge is 2.54. The van der Waals surface area contributed by atoms with Crippen LogP contribution >= 0.6 is 0 Å². The fraction of sp³-hybridized carbons (Fsp3) is 0.619. The van der Waals surface area contributed by atoms with E-state index < -0.39 is 32.8 Å². The number of sulfonamides is 1. The van der Waals surface area contributed by atoms with Gasteiger partial charge in [-0.05, 0) is 37.2 Å². The van der Waals surface area contributed by atoms with Gasteiger partial charge in [-0.1, -0.05) is 0 Å². The van der Waals surface area contributed by atoms with Gasteiger partial charge in [0.2, 0.25) is 10.0 Å². The van der Waals surface area contributed by atoms with Crippen molar-refractivity contribution in [2.75, 3.05) is 45.9 Å². The third-order valence-corrected chi connectivity index (χ3v) is 8.90. The summed E-state index contributed by atoms with van der Waals surface area (Å²) in [7, 11) is -4.05. The molecular formula is C21H28F3N3O7S. The van der Waals surface area contributed by atoms with Crippen molar-refractivity contribution < 1.29 is 45.9 Å². The lowest BCUT2D eigenvalue weighted by Gasteiger charge is -2.41. The van der Waals surface area contributed by atoms with Gasteiger partial charge in [-0.2, -0.15) is 4.31 Å². The number of benzene rings is 1. The molecule has 1 amide bonds. The largest absolute Gasteiger partial charge is 0.573 e. The summed E-state index contributed by atoms with van der Waals surface area (Å²) in [4.78, 5) is 26.7. The Labute approximate surface area is 201 Å². The summed E-state index contributed by atoms with van der Waals surface area (Å²) in [6, 6.07) is 4.73. The topological polar surface area (TPSA) is 125 Å². The van der Waals surface area contributed by atoms with E-state index in [0.717, 1.165) is 12.1 Å². The molecule has 2 fully saturated rings. The maximum absolute atomic E-state index is 13.3. The molecule has 0 unspecified atom stereocenters. The zero-order valence-corrected chi connectivity index (χ0v) is 19.7. The van der Waals surface area contributed by atoms with E-state index in [1.54, 1.807) is 0 Å². The van der Waals surface area contributed by atoms with E-state index in [1.165, 1.54) is 21.9 Å². The average Bonchev–Trinajstić information content (AvgIpc) is 2.83. The first-order valence-corrected chi connectivity index (χ1v) is 12.6. The minimum Gasteiger partial charge on any atom is -0.406 e. The molecule has 0 atom stereocenters. The number of ether oxygens (including phenoxy) is 2. The lowest BCUT2D eigenvalue weighted by atomic mass is 9.98. The van der Waals surface area contributed by atoms with Crippen molar-refractivity contribution in [2.45, 2.75) is 36.8 Å². The number of nitrogens with zero attached hydrogens (tertiary/aromatic N) is 2. The molecule has 0 radical (unpaired) electrons. The summed E-state index contributed by atoms with van der Waals surface area (Å²) >= 11 is 0. The van der Waals surface area contributed by atoms with Crippen molar-refractivity contribution >= 4 is 21.7 Å². The number of hydrogen-bond acceptors (Lipinski definition) is 8. The molecule has 196 valence electrons. The van der Waals surface area contributed by atoms with E-state index in [0.29, 0.717) is 26.1 Å². The van der Waals surface area contributed by atoms with E-state index >= 15 is 0 Å². The summed E-state index contributed by atoms with van der Waals surface area (Å²) < 4.78 is 71.8. The van der Waals surface area contributed by atoms with E-state index in [1.807, 2.05) is 4.90 Å². The predicted molar refractivity (Wildman–Crippen MR) is 116 cm³/mol. The van der Waals surface area contributed by atoms with Crippen molar-refractivity contribution in [1.29, 1.82) is 0 Å². The molecule has 0 spiro atoms. The number of halogens is 3. The normalized spacial score (nSPS) is 19.8. The lowest BCUT2D eigenvalue weighted by molar-refractivity contribution is -0.274. The first-order valence-electron chi connectivity index (χ1n) is 11.1. The second-order valence-corrected chi connectivity index (χ2v) is 10.6. The third kappa shape index (κ3) is 6.50. The van der Waals surface area contributed by atoms with Gasteiger partial charge in [0.1, 0.15) is 5.75 Å². The summed E-state index contributed by atoms with van der Waals surface area (Å²) in [6.07, 6.45) is -4.23. The molecule has 2 N–H and O–H groups in total. The Bertz CT molecular complexity index is 988. The number of ketones is 1. The minimum atomic E-state index is -4.80. The summed E-state index contributed by atoms with van der Waals surface area (Å²) in [6.45, 7) is 1.87. The van der Waals surface area contributed by atoms with Gasteiger partial charge in [-0.15, -0.1) is 13.2 Å². The summed E-state index contributed by atoms with van der Waals surface area (Å²) in [5.74, 6) is -1.58. The minimum absolute atomic E-state index is 0.0483. The second-order valence-electron chi connectivity index (χ2n) is 8.39. The molecule has 1 aromatic carbocycles. The Hall–Kier alpha value is -2.26. The molecule has 0 aliphatic carbocycles. The van der Waals surface area contributed by atoms with Crippen LogP contribution in [-0.4, -0.2) is 91.6 Å². The van der Waals surface area contributed by atoms with Crippen LogP contribution < -0.4 is 10.2 Å².